The Morgan fingerprint density at radius 3 is 2.58 bits per heavy atom. The molecule has 0 bridgehead atoms. The van der Waals surface area contributed by atoms with Gasteiger partial charge >= 0.3 is 0 Å². The van der Waals surface area contributed by atoms with Crippen LogP contribution in [-0.4, -0.2) is 24.8 Å². The lowest BCUT2D eigenvalue weighted by molar-refractivity contribution is -0.118. The van der Waals surface area contributed by atoms with Crippen LogP contribution in [0.25, 0.3) is 0 Å². The minimum absolute atomic E-state index is 0.0525. The maximum atomic E-state index is 11.8. The molecule has 0 unspecified atom stereocenters. The lowest BCUT2D eigenvalue weighted by Gasteiger charge is -2.11. The summed E-state index contributed by atoms with van der Waals surface area (Å²) in [6.45, 7) is 7.20. The zero-order chi connectivity index (χ0) is 17.4. The number of carbonyl (C=O) groups excluding carboxylic acids is 1. The van der Waals surface area contributed by atoms with Gasteiger partial charge in [-0.3, -0.25) is 4.79 Å². The van der Waals surface area contributed by atoms with Crippen molar-refractivity contribution in [2.45, 2.75) is 26.5 Å². The van der Waals surface area contributed by atoms with Crippen LogP contribution in [0.1, 0.15) is 22.3 Å². The van der Waals surface area contributed by atoms with E-state index >= 15 is 0 Å². The molecule has 2 aromatic carbocycles. The summed E-state index contributed by atoms with van der Waals surface area (Å²) in [6, 6.07) is 14.4. The maximum absolute atomic E-state index is 11.8. The fourth-order valence-electron chi connectivity index (χ4n) is 2.23. The van der Waals surface area contributed by atoms with E-state index in [9.17, 15) is 4.79 Å². The van der Waals surface area contributed by atoms with Crippen molar-refractivity contribution in [2.75, 3.05) is 18.9 Å². The Morgan fingerprint density at radius 1 is 1.08 bits per heavy atom. The maximum Gasteiger partial charge on any atom is 0.230 e. The molecule has 24 heavy (non-hydrogen) atoms. The first kappa shape index (κ1) is 18.4. The molecule has 0 aliphatic rings. The molecule has 4 heteroatoms. The second kappa shape index (κ2) is 9.38. The molecule has 0 atom stereocenters. The lowest BCUT2D eigenvalue weighted by Crippen LogP contribution is -2.29. The van der Waals surface area contributed by atoms with Crippen molar-refractivity contribution in [1.29, 1.82) is 0 Å². The van der Waals surface area contributed by atoms with Gasteiger partial charge in [-0.1, -0.05) is 42.0 Å². The first-order valence-electron chi connectivity index (χ1n) is 8.15. The number of benzene rings is 2. The van der Waals surface area contributed by atoms with E-state index in [1.807, 2.05) is 19.1 Å². The van der Waals surface area contributed by atoms with Crippen LogP contribution in [0.2, 0.25) is 0 Å². The third-order valence-corrected chi connectivity index (χ3v) is 4.86. The van der Waals surface area contributed by atoms with Gasteiger partial charge in [-0.2, -0.15) is 0 Å². The Kier molecular flexibility index (Phi) is 7.19. The molecule has 0 saturated carbocycles. The normalized spacial score (nSPS) is 10.5. The van der Waals surface area contributed by atoms with E-state index in [-0.39, 0.29) is 5.91 Å². The molecule has 1 amide bonds. The second-order valence-corrected chi connectivity index (χ2v) is 6.86. The average Bonchev–Trinajstić information content (AvgIpc) is 2.57. The molecule has 0 aliphatic heterocycles. The number of nitrogens with one attached hydrogen (secondary N) is 1. The number of rotatable bonds is 8. The molecule has 0 saturated heterocycles. The highest BCUT2D eigenvalue weighted by Crippen LogP contribution is 2.20. The molecule has 0 aliphatic carbocycles. The molecular formula is C20H25NO2S. The summed E-state index contributed by atoms with van der Waals surface area (Å²) >= 11 is 1.63. The van der Waals surface area contributed by atoms with Crippen LogP contribution < -0.4 is 10.1 Å². The fourth-order valence-corrected chi connectivity index (χ4v) is 3.05. The van der Waals surface area contributed by atoms with Crippen molar-refractivity contribution in [3.8, 4) is 5.75 Å². The van der Waals surface area contributed by atoms with Gasteiger partial charge in [0.05, 0.1) is 12.3 Å². The number of thioether (sulfide) groups is 1. The number of hydrogen-bond acceptors (Lipinski definition) is 3. The van der Waals surface area contributed by atoms with Crippen LogP contribution in [0.4, 0.5) is 0 Å². The predicted octanol–water partition coefficient (Wildman–Crippen LogP) is 4.04. The Morgan fingerprint density at radius 2 is 1.83 bits per heavy atom. The van der Waals surface area contributed by atoms with E-state index in [4.69, 9.17) is 4.74 Å². The van der Waals surface area contributed by atoms with E-state index in [1.165, 1.54) is 16.7 Å². The summed E-state index contributed by atoms with van der Waals surface area (Å²) in [5.41, 5.74) is 4.86. The molecule has 0 aromatic heterocycles. The molecule has 128 valence electrons. The molecule has 2 aromatic rings. The number of hydrogen-bond donors (Lipinski definition) is 1. The van der Waals surface area contributed by atoms with Gasteiger partial charge in [0.1, 0.15) is 12.4 Å². The average molecular weight is 343 g/mol. The predicted molar refractivity (Wildman–Crippen MR) is 102 cm³/mol. The zero-order valence-corrected chi connectivity index (χ0v) is 15.4. The third-order valence-electron chi connectivity index (χ3n) is 3.86. The van der Waals surface area contributed by atoms with Crippen LogP contribution in [0.15, 0.2) is 42.5 Å². The minimum atomic E-state index is 0.0525. The standard InChI is InChI=1S/C20H25NO2S/c1-15-7-9-18(10-8-15)13-24-14-20(22)21-11-12-23-19-6-4-5-16(2)17(19)3/h4-10H,11-14H2,1-3H3,(H,21,22). The van der Waals surface area contributed by atoms with Gasteiger partial charge in [0, 0.05) is 5.75 Å². The van der Waals surface area contributed by atoms with Crippen LogP contribution in [0, 0.1) is 20.8 Å². The van der Waals surface area contributed by atoms with Gasteiger partial charge in [-0.05, 0) is 43.5 Å². The van der Waals surface area contributed by atoms with Gasteiger partial charge < -0.3 is 10.1 Å². The zero-order valence-electron chi connectivity index (χ0n) is 14.6. The lowest BCUT2D eigenvalue weighted by atomic mass is 10.1. The minimum Gasteiger partial charge on any atom is -0.491 e. The second-order valence-electron chi connectivity index (χ2n) is 5.87. The molecule has 0 heterocycles. The fraction of sp³-hybridized carbons (Fsp3) is 0.350. The highest BCUT2D eigenvalue weighted by atomic mass is 32.2. The quantitative estimate of drug-likeness (QED) is 0.735. The summed E-state index contributed by atoms with van der Waals surface area (Å²) in [5.74, 6) is 2.26. The highest BCUT2D eigenvalue weighted by molar-refractivity contribution is 7.99. The van der Waals surface area contributed by atoms with Crippen LogP contribution >= 0.6 is 11.8 Å². The van der Waals surface area contributed by atoms with Gasteiger partial charge in [0.25, 0.3) is 0 Å². The molecule has 0 radical (unpaired) electrons. The number of carbonyl (C=O) groups is 1. The number of amides is 1. The van der Waals surface area contributed by atoms with Crippen molar-refractivity contribution in [2.24, 2.45) is 0 Å². The van der Waals surface area contributed by atoms with E-state index in [0.29, 0.717) is 18.9 Å². The largest absolute Gasteiger partial charge is 0.491 e. The van der Waals surface area contributed by atoms with Crippen molar-refractivity contribution in [3.63, 3.8) is 0 Å². The summed E-state index contributed by atoms with van der Waals surface area (Å²) in [4.78, 5) is 11.8. The number of aryl methyl sites for hydroxylation is 2. The SMILES string of the molecule is Cc1ccc(CSCC(=O)NCCOc2cccc(C)c2C)cc1. The molecule has 0 fully saturated rings. The van der Waals surface area contributed by atoms with Crippen molar-refractivity contribution in [1.82, 2.24) is 5.32 Å². The summed E-state index contributed by atoms with van der Waals surface area (Å²) in [7, 11) is 0. The summed E-state index contributed by atoms with van der Waals surface area (Å²) in [5, 5.41) is 2.90. The van der Waals surface area contributed by atoms with Crippen LogP contribution in [0.5, 0.6) is 5.75 Å². The molecule has 2 rings (SSSR count). The van der Waals surface area contributed by atoms with E-state index in [1.54, 1.807) is 11.8 Å². The van der Waals surface area contributed by atoms with Crippen molar-refractivity contribution < 1.29 is 9.53 Å². The van der Waals surface area contributed by atoms with E-state index in [0.717, 1.165) is 17.1 Å². The third kappa shape index (κ3) is 5.93. The van der Waals surface area contributed by atoms with Gasteiger partial charge in [0.2, 0.25) is 5.91 Å². The highest BCUT2D eigenvalue weighted by Gasteiger charge is 2.04. The number of ether oxygens (including phenoxy) is 1. The van der Waals surface area contributed by atoms with Gasteiger partial charge in [-0.25, -0.2) is 0 Å². The monoisotopic (exact) mass is 343 g/mol. The molecule has 0 spiro atoms. The van der Waals surface area contributed by atoms with E-state index < -0.39 is 0 Å². The topological polar surface area (TPSA) is 38.3 Å². The first-order valence-corrected chi connectivity index (χ1v) is 9.31. The summed E-state index contributed by atoms with van der Waals surface area (Å²) in [6.07, 6.45) is 0. The van der Waals surface area contributed by atoms with Crippen molar-refractivity contribution >= 4 is 17.7 Å². The van der Waals surface area contributed by atoms with Gasteiger partial charge in [-0.15, -0.1) is 11.8 Å². The first-order chi connectivity index (χ1) is 11.6. The van der Waals surface area contributed by atoms with E-state index in [2.05, 4.69) is 49.5 Å². The smallest absolute Gasteiger partial charge is 0.230 e. The van der Waals surface area contributed by atoms with Crippen LogP contribution in [0.3, 0.4) is 0 Å². The molecule has 3 nitrogen and oxygen atoms in total. The Hall–Kier alpha value is -1.94. The van der Waals surface area contributed by atoms with Crippen LogP contribution in [-0.2, 0) is 10.5 Å². The summed E-state index contributed by atoms with van der Waals surface area (Å²) < 4.78 is 5.73. The molecule has 1 N–H and O–H groups in total. The van der Waals surface area contributed by atoms with Crippen molar-refractivity contribution in [3.05, 3.63) is 64.7 Å². The Balaban J connectivity index is 1.61. The van der Waals surface area contributed by atoms with Gasteiger partial charge in [0.15, 0.2) is 0 Å². The Labute approximate surface area is 148 Å². The Bertz CT molecular complexity index is 668. The molecular weight excluding hydrogens is 318 g/mol.